The van der Waals surface area contributed by atoms with Crippen molar-refractivity contribution in [3.63, 3.8) is 0 Å². The van der Waals surface area contributed by atoms with Gasteiger partial charge in [0.2, 0.25) is 0 Å². The summed E-state index contributed by atoms with van der Waals surface area (Å²) in [7, 11) is -2.21. The summed E-state index contributed by atoms with van der Waals surface area (Å²) < 4.78 is 32.6. The van der Waals surface area contributed by atoms with Crippen molar-refractivity contribution in [2.24, 2.45) is 7.05 Å². The summed E-state index contributed by atoms with van der Waals surface area (Å²) in [5.41, 5.74) is 0. The predicted molar refractivity (Wildman–Crippen MR) is 66.1 cm³/mol. The van der Waals surface area contributed by atoms with E-state index < -0.39 is 22.1 Å². The Hall–Kier alpha value is -1.45. The second-order valence-corrected chi connectivity index (χ2v) is 5.53. The number of ether oxygens (including phenoxy) is 1. The molecular formula is C10H17N3O5S. The molecule has 0 aliphatic carbocycles. The van der Waals surface area contributed by atoms with Gasteiger partial charge < -0.3 is 9.84 Å². The molecule has 0 radical (unpaired) electrons. The number of aliphatic carboxylic acids is 1. The Morgan fingerprint density at radius 3 is 2.79 bits per heavy atom. The molecule has 19 heavy (non-hydrogen) atoms. The third-order valence-electron chi connectivity index (χ3n) is 2.36. The summed E-state index contributed by atoms with van der Waals surface area (Å²) in [5, 5.41) is 12.5. The molecule has 1 heterocycles. The zero-order valence-corrected chi connectivity index (χ0v) is 11.6. The lowest BCUT2D eigenvalue weighted by Gasteiger charge is -2.15. The zero-order valence-electron chi connectivity index (χ0n) is 10.7. The molecule has 1 aromatic heterocycles. The lowest BCUT2D eigenvalue weighted by atomic mass is 10.2. The topological polar surface area (TPSA) is 111 Å². The van der Waals surface area contributed by atoms with Crippen molar-refractivity contribution in [2.45, 2.75) is 24.5 Å². The second-order valence-electron chi connectivity index (χ2n) is 3.82. The van der Waals surface area contributed by atoms with Crippen LogP contribution in [-0.2, 0) is 26.6 Å². The van der Waals surface area contributed by atoms with Crippen LogP contribution in [0.2, 0.25) is 0 Å². The Bertz CT molecular complexity index is 525. The number of nitrogens with one attached hydrogen (secondary N) is 1. The molecule has 0 saturated heterocycles. The molecule has 1 aromatic rings. The molecule has 1 atom stereocenters. The minimum absolute atomic E-state index is 0.0121. The summed E-state index contributed by atoms with van der Waals surface area (Å²) in [4.78, 5) is 10.6. The molecule has 108 valence electrons. The highest BCUT2D eigenvalue weighted by atomic mass is 32.2. The minimum atomic E-state index is -3.72. The summed E-state index contributed by atoms with van der Waals surface area (Å²) in [6.07, 6.45) is 0.402. The van der Waals surface area contributed by atoms with E-state index in [-0.39, 0.29) is 18.0 Å². The van der Waals surface area contributed by atoms with Crippen LogP contribution in [0.1, 0.15) is 13.3 Å². The van der Waals surface area contributed by atoms with Gasteiger partial charge in [0.15, 0.2) is 5.03 Å². The van der Waals surface area contributed by atoms with Crippen molar-refractivity contribution >= 4 is 16.0 Å². The van der Waals surface area contributed by atoms with Crippen LogP contribution in [0.3, 0.4) is 0 Å². The molecule has 0 saturated carbocycles. The van der Waals surface area contributed by atoms with Crippen LogP contribution < -0.4 is 4.72 Å². The van der Waals surface area contributed by atoms with E-state index in [1.54, 1.807) is 6.92 Å². The average molecular weight is 291 g/mol. The third-order valence-corrected chi connectivity index (χ3v) is 3.85. The molecule has 2 N–H and O–H groups in total. The number of sulfonamides is 1. The predicted octanol–water partition coefficient (Wildman–Crippen LogP) is -0.422. The largest absolute Gasteiger partial charge is 0.481 e. The number of aryl methyl sites for hydroxylation is 1. The fourth-order valence-electron chi connectivity index (χ4n) is 1.52. The molecule has 0 spiro atoms. The fraction of sp³-hybridized carbons (Fsp3) is 0.600. The molecule has 0 aliphatic heterocycles. The number of carbonyl (C=O) groups is 1. The van der Waals surface area contributed by atoms with Crippen molar-refractivity contribution < 1.29 is 23.1 Å². The van der Waals surface area contributed by atoms with Gasteiger partial charge in [-0.2, -0.15) is 5.10 Å². The molecule has 0 bridgehead atoms. The Labute approximate surface area is 111 Å². The quantitative estimate of drug-likeness (QED) is 0.673. The maximum Gasteiger partial charge on any atom is 0.306 e. The molecule has 0 amide bonds. The molecule has 8 nitrogen and oxygen atoms in total. The highest BCUT2D eigenvalue weighted by Crippen LogP contribution is 2.07. The van der Waals surface area contributed by atoms with Crippen LogP contribution in [0.15, 0.2) is 17.3 Å². The van der Waals surface area contributed by atoms with Gasteiger partial charge in [0.05, 0.1) is 18.7 Å². The van der Waals surface area contributed by atoms with Gasteiger partial charge >= 0.3 is 5.97 Å². The highest BCUT2D eigenvalue weighted by molar-refractivity contribution is 7.89. The van der Waals surface area contributed by atoms with E-state index in [2.05, 4.69) is 9.82 Å². The Morgan fingerprint density at radius 1 is 1.63 bits per heavy atom. The maximum atomic E-state index is 11.9. The Morgan fingerprint density at radius 2 is 2.32 bits per heavy atom. The van der Waals surface area contributed by atoms with E-state index in [1.807, 2.05) is 0 Å². The van der Waals surface area contributed by atoms with Gasteiger partial charge in [0, 0.05) is 20.2 Å². The van der Waals surface area contributed by atoms with E-state index in [4.69, 9.17) is 9.84 Å². The van der Waals surface area contributed by atoms with Crippen LogP contribution in [0, 0.1) is 0 Å². The van der Waals surface area contributed by atoms with Crippen molar-refractivity contribution in [3.05, 3.63) is 12.3 Å². The first-order valence-corrected chi connectivity index (χ1v) is 7.16. The number of aromatic nitrogens is 2. The summed E-state index contributed by atoms with van der Waals surface area (Å²) in [6.45, 7) is 1.92. The standard InChI is InChI=1S/C10H17N3O5S/c1-3-18-8(6-10(14)15)7-12-19(16,17)9-4-5-11-13(9)2/h4-5,8,12H,3,6-7H2,1-2H3,(H,14,15). The number of hydrogen-bond acceptors (Lipinski definition) is 5. The van der Waals surface area contributed by atoms with Gasteiger partial charge in [0.1, 0.15) is 0 Å². The molecular weight excluding hydrogens is 274 g/mol. The Kier molecular flexibility index (Phi) is 5.45. The number of hydrogen-bond donors (Lipinski definition) is 2. The zero-order chi connectivity index (χ0) is 14.5. The average Bonchev–Trinajstić information content (AvgIpc) is 2.73. The van der Waals surface area contributed by atoms with Crippen molar-refractivity contribution in [1.82, 2.24) is 14.5 Å². The van der Waals surface area contributed by atoms with Gasteiger partial charge in [-0.05, 0) is 13.0 Å². The maximum absolute atomic E-state index is 11.9. The first kappa shape index (κ1) is 15.6. The van der Waals surface area contributed by atoms with E-state index in [0.29, 0.717) is 6.61 Å². The smallest absolute Gasteiger partial charge is 0.306 e. The summed E-state index contributed by atoms with van der Waals surface area (Å²) in [6, 6.07) is 1.36. The van der Waals surface area contributed by atoms with Gasteiger partial charge in [0.25, 0.3) is 10.0 Å². The monoisotopic (exact) mass is 291 g/mol. The lowest BCUT2D eigenvalue weighted by molar-refractivity contribution is -0.140. The van der Waals surface area contributed by atoms with Crippen molar-refractivity contribution in [1.29, 1.82) is 0 Å². The SMILES string of the molecule is CCOC(CNS(=O)(=O)c1ccnn1C)CC(=O)O. The molecule has 9 heteroatoms. The normalized spacial score (nSPS) is 13.4. The van der Waals surface area contributed by atoms with E-state index in [0.717, 1.165) is 0 Å². The van der Waals surface area contributed by atoms with E-state index >= 15 is 0 Å². The van der Waals surface area contributed by atoms with Crippen LogP contribution in [0.5, 0.6) is 0 Å². The van der Waals surface area contributed by atoms with Crippen molar-refractivity contribution in [2.75, 3.05) is 13.2 Å². The second kappa shape index (κ2) is 6.64. The van der Waals surface area contributed by atoms with E-state index in [9.17, 15) is 13.2 Å². The third kappa shape index (κ3) is 4.62. The highest BCUT2D eigenvalue weighted by Gasteiger charge is 2.21. The first-order valence-electron chi connectivity index (χ1n) is 5.68. The summed E-state index contributed by atoms with van der Waals surface area (Å²) >= 11 is 0. The number of carboxylic acids is 1. The van der Waals surface area contributed by atoms with Gasteiger partial charge in [-0.3, -0.25) is 9.48 Å². The molecule has 0 aromatic carbocycles. The van der Waals surface area contributed by atoms with E-state index in [1.165, 1.54) is 24.0 Å². The molecule has 0 aliphatic rings. The Balaban J connectivity index is 2.68. The first-order chi connectivity index (χ1) is 8.86. The molecule has 0 fully saturated rings. The van der Waals surface area contributed by atoms with Crippen LogP contribution >= 0.6 is 0 Å². The molecule has 1 unspecified atom stereocenters. The number of carboxylic acid groups (broad SMARTS) is 1. The molecule has 1 rings (SSSR count). The lowest BCUT2D eigenvalue weighted by Crippen LogP contribution is -2.35. The van der Waals surface area contributed by atoms with Gasteiger partial charge in [-0.25, -0.2) is 13.1 Å². The number of rotatable bonds is 8. The van der Waals surface area contributed by atoms with Crippen molar-refractivity contribution in [3.8, 4) is 0 Å². The summed E-state index contributed by atoms with van der Waals surface area (Å²) in [5.74, 6) is -1.04. The fourth-order valence-corrected chi connectivity index (χ4v) is 2.71. The minimum Gasteiger partial charge on any atom is -0.481 e. The van der Waals surface area contributed by atoms with Gasteiger partial charge in [-0.15, -0.1) is 0 Å². The van der Waals surface area contributed by atoms with Gasteiger partial charge in [-0.1, -0.05) is 0 Å². The van der Waals surface area contributed by atoms with Crippen LogP contribution in [-0.4, -0.2) is 48.5 Å². The number of nitrogens with zero attached hydrogens (tertiary/aromatic N) is 2. The van der Waals surface area contributed by atoms with Crippen LogP contribution in [0.25, 0.3) is 0 Å². The van der Waals surface area contributed by atoms with Crippen LogP contribution in [0.4, 0.5) is 0 Å².